The minimum absolute atomic E-state index is 0.519. The molecular weight excluding hydrogens is 258 g/mol. The van der Waals surface area contributed by atoms with E-state index in [1.165, 1.54) is 24.2 Å². The molecule has 0 spiro atoms. The van der Waals surface area contributed by atoms with Gasteiger partial charge in [-0.3, -0.25) is 4.90 Å². The van der Waals surface area contributed by atoms with Crippen molar-refractivity contribution >= 4 is 22.9 Å². The highest BCUT2D eigenvalue weighted by atomic mass is 35.5. The quantitative estimate of drug-likeness (QED) is 0.766. The molecule has 0 aromatic carbocycles. The van der Waals surface area contributed by atoms with Crippen LogP contribution in [0.2, 0.25) is 4.47 Å². The first-order chi connectivity index (χ1) is 8.20. The largest absolute Gasteiger partial charge is 0.383 e. The second-order valence-electron chi connectivity index (χ2n) is 4.49. The number of ether oxygens (including phenoxy) is 1. The molecule has 2 rings (SSSR count). The van der Waals surface area contributed by atoms with E-state index >= 15 is 0 Å². The Labute approximate surface area is 111 Å². The van der Waals surface area contributed by atoms with E-state index in [0.29, 0.717) is 10.5 Å². The number of hydrogen-bond acceptors (Lipinski definition) is 5. The maximum Gasteiger partial charge on any atom is 0.207 e. The van der Waals surface area contributed by atoms with E-state index < -0.39 is 0 Å². The number of aromatic nitrogens is 2. The van der Waals surface area contributed by atoms with Crippen LogP contribution in [0.15, 0.2) is 0 Å². The Morgan fingerprint density at radius 2 is 2.29 bits per heavy atom. The summed E-state index contributed by atoms with van der Waals surface area (Å²) in [5.74, 6) is 0.843. The number of methoxy groups -OCH3 is 1. The molecule has 17 heavy (non-hydrogen) atoms. The van der Waals surface area contributed by atoms with Gasteiger partial charge in [0.15, 0.2) is 0 Å². The summed E-state index contributed by atoms with van der Waals surface area (Å²) in [5.41, 5.74) is 0. The Kier molecular flexibility index (Phi) is 4.73. The van der Waals surface area contributed by atoms with Crippen molar-refractivity contribution in [2.45, 2.75) is 32.4 Å². The second kappa shape index (κ2) is 6.09. The fourth-order valence-electron chi connectivity index (χ4n) is 1.98. The van der Waals surface area contributed by atoms with Crippen LogP contribution in [0.4, 0.5) is 0 Å². The van der Waals surface area contributed by atoms with Crippen LogP contribution in [-0.4, -0.2) is 41.4 Å². The molecule has 1 fully saturated rings. The minimum atomic E-state index is 0.519. The first-order valence-electron chi connectivity index (χ1n) is 5.91. The molecule has 1 aliphatic rings. The Bertz CT molecular complexity index is 356. The van der Waals surface area contributed by atoms with Gasteiger partial charge in [-0.05, 0) is 37.3 Å². The molecule has 1 atom stereocenters. The molecule has 0 bridgehead atoms. The molecule has 1 aromatic heterocycles. The van der Waals surface area contributed by atoms with E-state index in [1.807, 2.05) is 0 Å². The number of rotatable bonds is 7. The number of nitrogens with zero attached hydrogens (tertiary/aromatic N) is 3. The Morgan fingerprint density at radius 1 is 1.53 bits per heavy atom. The molecule has 1 aromatic rings. The summed E-state index contributed by atoms with van der Waals surface area (Å²) in [6.07, 6.45) is 2.70. The van der Waals surface area contributed by atoms with Crippen LogP contribution in [0, 0.1) is 5.92 Å². The van der Waals surface area contributed by atoms with Gasteiger partial charge in [0, 0.05) is 19.7 Å². The highest BCUT2D eigenvalue weighted by molar-refractivity contribution is 7.15. The maximum atomic E-state index is 5.80. The van der Waals surface area contributed by atoms with Gasteiger partial charge in [-0.2, -0.15) is 0 Å². The fourth-order valence-corrected chi connectivity index (χ4v) is 2.88. The number of hydrogen-bond donors (Lipinski definition) is 0. The van der Waals surface area contributed by atoms with Gasteiger partial charge in [-0.1, -0.05) is 11.3 Å². The zero-order valence-corrected chi connectivity index (χ0v) is 11.8. The standard InChI is InChI=1S/C11H18ClN3OS/c1-8(9-3-4-9)15(5-6-16-2)7-10-13-14-11(12)17-10/h8-9H,3-7H2,1-2H3. The lowest BCUT2D eigenvalue weighted by atomic mass is 10.2. The van der Waals surface area contributed by atoms with Gasteiger partial charge in [0.25, 0.3) is 0 Å². The van der Waals surface area contributed by atoms with Gasteiger partial charge in [-0.15, -0.1) is 10.2 Å². The van der Waals surface area contributed by atoms with Crippen molar-refractivity contribution in [1.82, 2.24) is 15.1 Å². The van der Waals surface area contributed by atoms with Crippen LogP contribution < -0.4 is 0 Å². The molecular formula is C11H18ClN3OS. The normalized spacial score (nSPS) is 17.6. The number of halogens is 1. The minimum Gasteiger partial charge on any atom is -0.383 e. The molecule has 96 valence electrons. The predicted octanol–water partition coefficient (Wildman–Crippen LogP) is 2.44. The summed E-state index contributed by atoms with van der Waals surface area (Å²) < 4.78 is 5.68. The van der Waals surface area contributed by atoms with Gasteiger partial charge in [0.2, 0.25) is 4.47 Å². The summed E-state index contributed by atoms with van der Waals surface area (Å²) in [5, 5.41) is 8.91. The maximum absolute atomic E-state index is 5.80. The lowest BCUT2D eigenvalue weighted by Gasteiger charge is -2.27. The molecule has 1 unspecified atom stereocenters. The van der Waals surface area contributed by atoms with Crippen molar-refractivity contribution in [3.63, 3.8) is 0 Å². The second-order valence-corrected chi connectivity index (χ2v) is 6.13. The average Bonchev–Trinajstić information content (AvgIpc) is 3.08. The van der Waals surface area contributed by atoms with Gasteiger partial charge < -0.3 is 4.74 Å². The lowest BCUT2D eigenvalue weighted by Crippen LogP contribution is -2.36. The Balaban J connectivity index is 1.93. The third-order valence-corrected chi connectivity index (χ3v) is 4.25. The first-order valence-corrected chi connectivity index (χ1v) is 7.11. The molecule has 0 N–H and O–H groups in total. The van der Waals surface area contributed by atoms with Crippen LogP contribution >= 0.6 is 22.9 Å². The van der Waals surface area contributed by atoms with E-state index in [0.717, 1.165) is 30.6 Å². The Hall–Kier alpha value is -0.230. The van der Waals surface area contributed by atoms with Crippen molar-refractivity contribution < 1.29 is 4.74 Å². The van der Waals surface area contributed by atoms with Crippen molar-refractivity contribution in [1.29, 1.82) is 0 Å². The lowest BCUT2D eigenvalue weighted by molar-refractivity contribution is 0.111. The molecule has 0 radical (unpaired) electrons. The zero-order chi connectivity index (χ0) is 12.3. The average molecular weight is 276 g/mol. The summed E-state index contributed by atoms with van der Waals surface area (Å²) in [4.78, 5) is 2.41. The Morgan fingerprint density at radius 3 is 2.82 bits per heavy atom. The third kappa shape index (κ3) is 3.88. The molecule has 0 aliphatic heterocycles. The molecule has 1 saturated carbocycles. The molecule has 1 aliphatic carbocycles. The summed E-state index contributed by atoms with van der Waals surface area (Å²) in [6.45, 7) is 4.80. The van der Waals surface area contributed by atoms with Crippen LogP contribution in [0.25, 0.3) is 0 Å². The van der Waals surface area contributed by atoms with Crippen LogP contribution in [-0.2, 0) is 11.3 Å². The van der Waals surface area contributed by atoms with Crippen molar-refractivity contribution in [3.05, 3.63) is 9.47 Å². The van der Waals surface area contributed by atoms with Gasteiger partial charge in [-0.25, -0.2) is 0 Å². The molecule has 1 heterocycles. The predicted molar refractivity (Wildman–Crippen MR) is 69.4 cm³/mol. The highest BCUT2D eigenvalue weighted by Crippen LogP contribution is 2.35. The van der Waals surface area contributed by atoms with Crippen molar-refractivity contribution in [3.8, 4) is 0 Å². The van der Waals surface area contributed by atoms with Crippen LogP contribution in [0.5, 0.6) is 0 Å². The third-order valence-electron chi connectivity index (χ3n) is 3.24. The summed E-state index contributed by atoms with van der Waals surface area (Å²) >= 11 is 7.26. The van der Waals surface area contributed by atoms with Crippen LogP contribution in [0.3, 0.4) is 0 Å². The SMILES string of the molecule is COCCN(Cc1nnc(Cl)s1)C(C)C1CC1. The van der Waals surface area contributed by atoms with Gasteiger partial charge in [0.05, 0.1) is 13.2 Å². The highest BCUT2D eigenvalue weighted by Gasteiger charge is 2.32. The van der Waals surface area contributed by atoms with E-state index in [-0.39, 0.29) is 0 Å². The smallest absolute Gasteiger partial charge is 0.207 e. The van der Waals surface area contributed by atoms with E-state index in [4.69, 9.17) is 16.3 Å². The van der Waals surface area contributed by atoms with Crippen LogP contribution in [0.1, 0.15) is 24.8 Å². The summed E-state index contributed by atoms with van der Waals surface area (Å²) in [7, 11) is 1.74. The van der Waals surface area contributed by atoms with E-state index in [9.17, 15) is 0 Å². The van der Waals surface area contributed by atoms with E-state index in [2.05, 4.69) is 22.0 Å². The van der Waals surface area contributed by atoms with E-state index in [1.54, 1.807) is 7.11 Å². The molecule has 6 heteroatoms. The van der Waals surface area contributed by atoms with Gasteiger partial charge >= 0.3 is 0 Å². The van der Waals surface area contributed by atoms with Gasteiger partial charge in [0.1, 0.15) is 5.01 Å². The molecule has 0 saturated heterocycles. The summed E-state index contributed by atoms with van der Waals surface area (Å²) in [6, 6.07) is 0.591. The fraction of sp³-hybridized carbons (Fsp3) is 0.818. The molecule has 0 amide bonds. The van der Waals surface area contributed by atoms with Crippen molar-refractivity contribution in [2.75, 3.05) is 20.3 Å². The zero-order valence-electron chi connectivity index (χ0n) is 10.2. The van der Waals surface area contributed by atoms with Crippen molar-refractivity contribution in [2.24, 2.45) is 5.92 Å². The monoisotopic (exact) mass is 275 g/mol. The molecule has 4 nitrogen and oxygen atoms in total. The first kappa shape index (κ1) is 13.2. The topological polar surface area (TPSA) is 38.2 Å².